The van der Waals surface area contributed by atoms with Gasteiger partial charge in [0.25, 0.3) is 5.19 Å². The van der Waals surface area contributed by atoms with E-state index in [9.17, 15) is 8.42 Å². The summed E-state index contributed by atoms with van der Waals surface area (Å²) in [6.45, 7) is 2.68. The lowest BCUT2D eigenvalue weighted by Crippen LogP contribution is -2.42. The van der Waals surface area contributed by atoms with E-state index in [2.05, 4.69) is 4.98 Å². The maximum absolute atomic E-state index is 11.8. The van der Waals surface area contributed by atoms with Crippen molar-refractivity contribution in [1.82, 2.24) is 9.29 Å². The van der Waals surface area contributed by atoms with Crippen molar-refractivity contribution in [1.29, 1.82) is 0 Å². The number of fused-ring (bicyclic) bond motifs is 1. The maximum atomic E-state index is 11.8. The molecule has 0 atom stereocenters. The molecule has 0 spiro atoms. The predicted octanol–water partition coefficient (Wildman–Crippen LogP) is 3.14. The van der Waals surface area contributed by atoms with Crippen molar-refractivity contribution in [3.63, 3.8) is 0 Å². The first-order valence-electron chi connectivity index (χ1n) is 7.19. The monoisotopic (exact) mass is 360 g/mol. The Morgan fingerprint density at radius 3 is 2.77 bits per heavy atom. The van der Waals surface area contributed by atoms with Crippen LogP contribution < -0.4 is 4.74 Å². The normalized spacial score (nSPS) is 17.9. The number of rotatable bonds is 4. The Bertz CT molecular complexity index is 767. The molecule has 0 bridgehead atoms. The van der Waals surface area contributed by atoms with Gasteiger partial charge in [0.05, 0.1) is 15.5 Å². The lowest BCUT2D eigenvalue weighted by molar-refractivity contribution is 0.135. The summed E-state index contributed by atoms with van der Waals surface area (Å²) in [5.74, 6) is 0.148. The van der Waals surface area contributed by atoms with Crippen molar-refractivity contribution in [2.45, 2.75) is 25.9 Å². The second-order valence-electron chi connectivity index (χ2n) is 5.18. The molecule has 1 aromatic carbocycles. The molecule has 0 saturated carbocycles. The van der Waals surface area contributed by atoms with Gasteiger partial charge in [-0.3, -0.25) is 0 Å². The predicted molar refractivity (Wildman–Crippen MR) is 89.3 cm³/mol. The van der Waals surface area contributed by atoms with Gasteiger partial charge >= 0.3 is 0 Å². The quantitative estimate of drug-likeness (QED) is 0.840. The highest BCUT2D eigenvalue weighted by Gasteiger charge is 2.28. The van der Waals surface area contributed by atoms with Crippen LogP contribution in [-0.2, 0) is 10.0 Å². The van der Waals surface area contributed by atoms with Gasteiger partial charge in [-0.15, -0.1) is 0 Å². The molecule has 1 aromatic heterocycles. The minimum atomic E-state index is -3.10. The number of ether oxygens (including phenoxy) is 1. The highest BCUT2D eigenvalue weighted by atomic mass is 35.5. The van der Waals surface area contributed by atoms with Crippen LogP contribution in [0.25, 0.3) is 10.2 Å². The van der Waals surface area contributed by atoms with Crippen LogP contribution in [0.3, 0.4) is 0 Å². The fourth-order valence-electron chi connectivity index (χ4n) is 2.50. The summed E-state index contributed by atoms with van der Waals surface area (Å²) >= 11 is 7.58. The van der Waals surface area contributed by atoms with Gasteiger partial charge in [-0.05, 0) is 31.9 Å². The molecule has 1 fully saturated rings. The van der Waals surface area contributed by atoms with Crippen molar-refractivity contribution in [2.24, 2.45) is 0 Å². The fourth-order valence-corrected chi connectivity index (χ4v) is 4.81. The SMILES string of the molecule is CCS(=O)(=O)N1CCC(Oc2nc3c(Cl)cccc3s2)CC1. The molecule has 1 aliphatic rings. The zero-order valence-electron chi connectivity index (χ0n) is 12.2. The number of benzene rings is 1. The molecule has 5 nitrogen and oxygen atoms in total. The highest BCUT2D eigenvalue weighted by Crippen LogP contribution is 2.33. The lowest BCUT2D eigenvalue weighted by atomic mass is 10.1. The van der Waals surface area contributed by atoms with Crippen LogP contribution in [0.15, 0.2) is 18.2 Å². The van der Waals surface area contributed by atoms with Gasteiger partial charge < -0.3 is 4.74 Å². The van der Waals surface area contributed by atoms with Gasteiger partial charge in [0.15, 0.2) is 0 Å². The van der Waals surface area contributed by atoms with Gasteiger partial charge in [0.2, 0.25) is 10.0 Å². The molecule has 3 rings (SSSR count). The van der Waals surface area contributed by atoms with E-state index in [0.29, 0.717) is 36.1 Å². The minimum Gasteiger partial charge on any atom is -0.467 e. The van der Waals surface area contributed by atoms with Crippen LogP contribution in [0.1, 0.15) is 19.8 Å². The lowest BCUT2D eigenvalue weighted by Gasteiger charge is -2.30. The Labute approximate surface area is 138 Å². The Balaban J connectivity index is 1.66. The molecule has 1 aliphatic heterocycles. The van der Waals surface area contributed by atoms with Crippen LogP contribution in [0.5, 0.6) is 5.19 Å². The summed E-state index contributed by atoms with van der Waals surface area (Å²) in [5, 5.41) is 1.22. The molecule has 0 unspecified atom stereocenters. The minimum absolute atomic E-state index is 0.00245. The first-order valence-corrected chi connectivity index (χ1v) is 9.99. The molecule has 120 valence electrons. The number of para-hydroxylation sites is 1. The van der Waals surface area contributed by atoms with E-state index in [0.717, 1.165) is 10.2 Å². The number of piperidine rings is 1. The Hall–Kier alpha value is -0.890. The standard InChI is InChI=1S/C14H17ClN2O3S2/c1-2-22(18,19)17-8-6-10(7-9-17)20-14-16-13-11(15)4-3-5-12(13)21-14/h3-5,10H,2,6-9H2,1H3. The number of sulfonamides is 1. The van der Waals surface area contributed by atoms with Gasteiger partial charge in [-0.25, -0.2) is 17.7 Å². The molecule has 0 amide bonds. The van der Waals surface area contributed by atoms with E-state index in [4.69, 9.17) is 16.3 Å². The molecule has 0 radical (unpaired) electrons. The second kappa shape index (κ2) is 6.31. The third-order valence-electron chi connectivity index (χ3n) is 3.78. The molecule has 0 aliphatic carbocycles. The molecule has 2 heterocycles. The van der Waals surface area contributed by atoms with E-state index < -0.39 is 10.0 Å². The van der Waals surface area contributed by atoms with E-state index in [1.165, 1.54) is 11.3 Å². The number of aromatic nitrogens is 1. The van der Waals surface area contributed by atoms with Gasteiger partial charge in [-0.1, -0.05) is 29.0 Å². The van der Waals surface area contributed by atoms with E-state index in [-0.39, 0.29) is 11.9 Å². The van der Waals surface area contributed by atoms with Crippen molar-refractivity contribution < 1.29 is 13.2 Å². The van der Waals surface area contributed by atoms with Crippen molar-refractivity contribution >= 4 is 43.2 Å². The molecular weight excluding hydrogens is 344 g/mol. The van der Waals surface area contributed by atoms with Gasteiger partial charge in [0.1, 0.15) is 11.6 Å². The van der Waals surface area contributed by atoms with Gasteiger partial charge in [0, 0.05) is 13.1 Å². The summed E-state index contributed by atoms with van der Waals surface area (Å²) in [4.78, 5) is 4.42. The largest absolute Gasteiger partial charge is 0.467 e. The van der Waals surface area contributed by atoms with Crippen molar-refractivity contribution in [2.75, 3.05) is 18.8 Å². The van der Waals surface area contributed by atoms with Crippen LogP contribution in [0, 0.1) is 0 Å². The van der Waals surface area contributed by atoms with Crippen LogP contribution in [0.2, 0.25) is 5.02 Å². The smallest absolute Gasteiger partial charge is 0.274 e. The number of thiazole rings is 1. The highest BCUT2D eigenvalue weighted by molar-refractivity contribution is 7.89. The third-order valence-corrected chi connectivity index (χ3v) is 6.87. The number of halogens is 1. The molecule has 1 saturated heterocycles. The topological polar surface area (TPSA) is 59.5 Å². The second-order valence-corrected chi connectivity index (χ2v) is 8.84. The van der Waals surface area contributed by atoms with Crippen LogP contribution >= 0.6 is 22.9 Å². The molecule has 0 N–H and O–H groups in total. The molecule has 22 heavy (non-hydrogen) atoms. The molecule has 2 aromatic rings. The number of hydrogen-bond acceptors (Lipinski definition) is 5. The third kappa shape index (κ3) is 3.22. The Morgan fingerprint density at radius 2 is 2.14 bits per heavy atom. The summed E-state index contributed by atoms with van der Waals surface area (Å²) in [6, 6.07) is 5.66. The van der Waals surface area contributed by atoms with E-state index in [1.54, 1.807) is 11.2 Å². The first kappa shape index (κ1) is 16.0. The van der Waals surface area contributed by atoms with E-state index >= 15 is 0 Å². The maximum Gasteiger partial charge on any atom is 0.274 e. The zero-order valence-corrected chi connectivity index (χ0v) is 14.5. The average molecular weight is 361 g/mol. The molecular formula is C14H17ClN2O3S2. The van der Waals surface area contributed by atoms with E-state index in [1.807, 2.05) is 18.2 Å². The van der Waals surface area contributed by atoms with Crippen LogP contribution in [0.4, 0.5) is 0 Å². The zero-order chi connectivity index (χ0) is 15.7. The average Bonchev–Trinajstić information content (AvgIpc) is 2.92. The van der Waals surface area contributed by atoms with Gasteiger partial charge in [-0.2, -0.15) is 0 Å². The molecule has 8 heteroatoms. The van der Waals surface area contributed by atoms with Crippen LogP contribution in [-0.4, -0.2) is 42.7 Å². The number of hydrogen-bond donors (Lipinski definition) is 0. The summed E-state index contributed by atoms with van der Waals surface area (Å²) in [5.41, 5.74) is 0.759. The Kier molecular flexibility index (Phi) is 4.59. The van der Waals surface area contributed by atoms with Crippen molar-refractivity contribution in [3.8, 4) is 5.19 Å². The summed E-state index contributed by atoms with van der Waals surface area (Å²) < 4.78 is 32.1. The Morgan fingerprint density at radius 1 is 1.41 bits per heavy atom. The van der Waals surface area contributed by atoms with Crippen molar-refractivity contribution in [3.05, 3.63) is 23.2 Å². The summed E-state index contributed by atoms with van der Waals surface area (Å²) in [6.07, 6.45) is 1.37. The number of nitrogens with zero attached hydrogens (tertiary/aromatic N) is 2. The fraction of sp³-hybridized carbons (Fsp3) is 0.500. The summed E-state index contributed by atoms with van der Waals surface area (Å²) in [7, 11) is -3.10. The first-order chi connectivity index (χ1) is 10.5.